The molecule has 0 aromatic carbocycles. The Morgan fingerprint density at radius 3 is 1.64 bits per heavy atom. The van der Waals surface area contributed by atoms with Crippen molar-refractivity contribution in [2.75, 3.05) is 6.61 Å². The van der Waals surface area contributed by atoms with E-state index in [-0.39, 0.29) is 6.42 Å². The topological polar surface area (TPSA) is 94.8 Å². The van der Waals surface area contributed by atoms with Crippen molar-refractivity contribution >= 4 is 11.9 Å². The second-order valence-corrected chi connectivity index (χ2v) is 2.20. The van der Waals surface area contributed by atoms with Gasteiger partial charge in [-0.2, -0.15) is 0 Å². The van der Waals surface area contributed by atoms with Gasteiger partial charge in [0, 0.05) is 0 Å². The summed E-state index contributed by atoms with van der Waals surface area (Å²) in [4.78, 5) is 20.8. The summed E-state index contributed by atoms with van der Waals surface area (Å²) in [5.74, 6) is -3.01. The molecule has 0 aliphatic rings. The number of carboxylic acid groups (broad SMARTS) is 2. The lowest BCUT2D eigenvalue weighted by atomic mass is 9.86. The molecule has 5 heteroatoms. The van der Waals surface area contributed by atoms with E-state index in [0.717, 1.165) is 0 Å². The van der Waals surface area contributed by atoms with E-state index in [0.29, 0.717) is 0 Å². The minimum atomic E-state index is -2.03. The molecular formula is C6H10O5. The summed E-state index contributed by atoms with van der Waals surface area (Å²) < 4.78 is 0. The van der Waals surface area contributed by atoms with Crippen molar-refractivity contribution in [1.29, 1.82) is 0 Å². The summed E-state index contributed by atoms with van der Waals surface area (Å²) in [6, 6.07) is 0. The van der Waals surface area contributed by atoms with Gasteiger partial charge in [-0.1, -0.05) is 6.92 Å². The molecule has 0 aromatic heterocycles. The molecular weight excluding hydrogens is 152 g/mol. The fourth-order valence-electron chi connectivity index (χ4n) is 0.641. The van der Waals surface area contributed by atoms with E-state index in [4.69, 9.17) is 15.3 Å². The first-order chi connectivity index (χ1) is 5.01. The van der Waals surface area contributed by atoms with Crippen molar-refractivity contribution in [2.45, 2.75) is 13.3 Å². The second kappa shape index (κ2) is 3.34. The lowest BCUT2D eigenvalue weighted by molar-refractivity contribution is -0.168. The number of carbonyl (C=O) groups is 2. The van der Waals surface area contributed by atoms with Crippen LogP contribution in [0.15, 0.2) is 0 Å². The van der Waals surface area contributed by atoms with Crippen LogP contribution in [0.3, 0.4) is 0 Å². The molecule has 0 amide bonds. The summed E-state index contributed by atoms with van der Waals surface area (Å²) >= 11 is 0. The highest BCUT2D eigenvalue weighted by Crippen LogP contribution is 2.21. The Hall–Kier alpha value is -1.10. The molecule has 5 nitrogen and oxygen atoms in total. The first-order valence-corrected chi connectivity index (χ1v) is 3.09. The monoisotopic (exact) mass is 162 g/mol. The Balaban J connectivity index is 4.76. The van der Waals surface area contributed by atoms with Gasteiger partial charge in [-0.05, 0) is 6.42 Å². The molecule has 0 spiro atoms. The van der Waals surface area contributed by atoms with Crippen LogP contribution in [0.5, 0.6) is 0 Å². The number of carboxylic acids is 2. The Bertz CT molecular complexity index is 154. The number of aliphatic carboxylic acids is 2. The molecule has 0 saturated carbocycles. The summed E-state index contributed by atoms with van der Waals surface area (Å²) in [6.07, 6.45) is -0.131. The minimum absolute atomic E-state index is 0.131. The van der Waals surface area contributed by atoms with Crippen LogP contribution in [0.25, 0.3) is 0 Å². The quantitative estimate of drug-likeness (QED) is 0.486. The molecule has 0 rings (SSSR count). The highest BCUT2D eigenvalue weighted by atomic mass is 16.4. The summed E-state index contributed by atoms with van der Waals surface area (Å²) in [5, 5.41) is 25.5. The van der Waals surface area contributed by atoms with Gasteiger partial charge in [-0.15, -0.1) is 0 Å². The summed E-state index contributed by atoms with van der Waals surface area (Å²) in [7, 11) is 0. The lowest BCUT2D eigenvalue weighted by Gasteiger charge is -2.19. The molecule has 0 aliphatic carbocycles. The molecule has 0 saturated heterocycles. The van der Waals surface area contributed by atoms with Gasteiger partial charge in [-0.3, -0.25) is 9.59 Å². The third kappa shape index (κ3) is 1.48. The van der Waals surface area contributed by atoms with Crippen LogP contribution in [0.4, 0.5) is 0 Å². The Labute approximate surface area is 63.3 Å². The Morgan fingerprint density at radius 1 is 1.27 bits per heavy atom. The van der Waals surface area contributed by atoms with Gasteiger partial charge >= 0.3 is 11.9 Å². The standard InChI is InChI=1S/C6H10O5/c1-2-6(3-7,4(8)9)5(10)11/h7H,2-3H2,1H3,(H,8,9)(H,10,11). The minimum Gasteiger partial charge on any atom is -0.480 e. The Morgan fingerprint density at radius 2 is 1.64 bits per heavy atom. The average molecular weight is 162 g/mol. The van der Waals surface area contributed by atoms with Crippen LogP contribution in [-0.4, -0.2) is 33.9 Å². The van der Waals surface area contributed by atoms with Crippen LogP contribution >= 0.6 is 0 Å². The zero-order valence-electron chi connectivity index (χ0n) is 6.07. The molecule has 0 radical (unpaired) electrons. The fraction of sp³-hybridized carbons (Fsp3) is 0.667. The molecule has 0 bridgehead atoms. The first-order valence-electron chi connectivity index (χ1n) is 3.09. The van der Waals surface area contributed by atoms with E-state index >= 15 is 0 Å². The predicted molar refractivity (Wildman–Crippen MR) is 35.1 cm³/mol. The van der Waals surface area contributed by atoms with Gasteiger partial charge in [-0.25, -0.2) is 0 Å². The maximum atomic E-state index is 10.4. The highest BCUT2D eigenvalue weighted by molar-refractivity contribution is 5.98. The van der Waals surface area contributed by atoms with E-state index in [1.807, 2.05) is 0 Å². The second-order valence-electron chi connectivity index (χ2n) is 2.20. The van der Waals surface area contributed by atoms with Crippen molar-refractivity contribution in [1.82, 2.24) is 0 Å². The van der Waals surface area contributed by atoms with Crippen LogP contribution < -0.4 is 0 Å². The fourth-order valence-corrected chi connectivity index (χ4v) is 0.641. The Kier molecular flexibility index (Phi) is 3.00. The van der Waals surface area contributed by atoms with E-state index in [1.54, 1.807) is 0 Å². The van der Waals surface area contributed by atoms with Gasteiger partial charge in [0.25, 0.3) is 0 Å². The van der Waals surface area contributed by atoms with E-state index < -0.39 is 24.0 Å². The third-order valence-electron chi connectivity index (χ3n) is 1.69. The number of hydrogen-bond acceptors (Lipinski definition) is 3. The molecule has 0 atom stereocenters. The smallest absolute Gasteiger partial charge is 0.323 e. The summed E-state index contributed by atoms with van der Waals surface area (Å²) in [6.45, 7) is 0.520. The van der Waals surface area contributed by atoms with E-state index in [2.05, 4.69) is 0 Å². The zero-order chi connectivity index (χ0) is 9.07. The van der Waals surface area contributed by atoms with Crippen molar-refractivity contribution in [3.05, 3.63) is 0 Å². The van der Waals surface area contributed by atoms with Crippen LogP contribution in [-0.2, 0) is 9.59 Å². The molecule has 64 valence electrons. The highest BCUT2D eigenvalue weighted by Gasteiger charge is 2.44. The van der Waals surface area contributed by atoms with Crippen LogP contribution in [0.2, 0.25) is 0 Å². The van der Waals surface area contributed by atoms with Gasteiger partial charge in [0.05, 0.1) is 6.61 Å². The molecule has 0 aliphatic heterocycles. The van der Waals surface area contributed by atoms with Gasteiger partial charge in [0.2, 0.25) is 0 Å². The zero-order valence-corrected chi connectivity index (χ0v) is 6.07. The molecule has 0 unspecified atom stereocenters. The maximum Gasteiger partial charge on any atom is 0.323 e. The number of aliphatic hydroxyl groups excluding tert-OH is 1. The van der Waals surface area contributed by atoms with Gasteiger partial charge in [0.15, 0.2) is 5.41 Å². The first kappa shape index (κ1) is 9.90. The van der Waals surface area contributed by atoms with Crippen molar-refractivity contribution in [3.63, 3.8) is 0 Å². The van der Waals surface area contributed by atoms with E-state index in [1.165, 1.54) is 6.92 Å². The van der Waals surface area contributed by atoms with Crippen molar-refractivity contribution < 1.29 is 24.9 Å². The normalized spacial score (nSPS) is 11.1. The lowest BCUT2D eigenvalue weighted by Crippen LogP contribution is -2.42. The number of aliphatic hydroxyl groups is 1. The SMILES string of the molecule is CCC(CO)(C(=O)O)C(=O)O. The van der Waals surface area contributed by atoms with Gasteiger partial charge < -0.3 is 15.3 Å². The predicted octanol–water partition coefficient (Wildman–Crippen LogP) is -0.456. The largest absolute Gasteiger partial charge is 0.480 e. The van der Waals surface area contributed by atoms with Crippen molar-refractivity contribution in [2.24, 2.45) is 5.41 Å². The number of rotatable bonds is 4. The van der Waals surface area contributed by atoms with Crippen molar-refractivity contribution in [3.8, 4) is 0 Å². The maximum absolute atomic E-state index is 10.4. The number of hydrogen-bond donors (Lipinski definition) is 3. The molecule has 0 aromatic rings. The van der Waals surface area contributed by atoms with Crippen LogP contribution in [0.1, 0.15) is 13.3 Å². The molecule has 11 heavy (non-hydrogen) atoms. The molecule has 0 heterocycles. The van der Waals surface area contributed by atoms with Crippen LogP contribution in [0, 0.1) is 5.41 Å². The molecule has 0 fully saturated rings. The molecule has 3 N–H and O–H groups in total. The average Bonchev–Trinajstić information content (AvgIpc) is 1.90. The summed E-state index contributed by atoms with van der Waals surface area (Å²) in [5.41, 5.74) is -2.03. The van der Waals surface area contributed by atoms with E-state index in [9.17, 15) is 9.59 Å². The van der Waals surface area contributed by atoms with Gasteiger partial charge in [0.1, 0.15) is 0 Å². The third-order valence-corrected chi connectivity index (χ3v) is 1.69.